The Morgan fingerprint density at radius 1 is 1.12 bits per heavy atom. The van der Waals surface area contributed by atoms with E-state index in [1.807, 2.05) is 13.0 Å². The Kier molecular flexibility index (Phi) is 6.71. The van der Waals surface area contributed by atoms with Crippen molar-refractivity contribution in [2.45, 2.75) is 20.3 Å². The Morgan fingerprint density at radius 3 is 2.52 bits per heavy atom. The van der Waals surface area contributed by atoms with Crippen molar-refractivity contribution in [2.75, 3.05) is 16.8 Å². The zero-order chi connectivity index (χ0) is 18.6. The number of amides is 2. The summed E-state index contributed by atoms with van der Waals surface area (Å²) in [5, 5.41) is 3.88. The van der Waals surface area contributed by atoms with Gasteiger partial charge in [0.15, 0.2) is 0 Å². The maximum atomic E-state index is 12.2. The fourth-order valence-electron chi connectivity index (χ4n) is 2.35. The third kappa shape index (κ3) is 5.11. The van der Waals surface area contributed by atoms with Crippen molar-refractivity contribution in [3.05, 3.63) is 57.0 Å². The molecule has 0 aliphatic rings. The first-order valence-electron chi connectivity index (χ1n) is 7.57. The topological polar surface area (TPSA) is 49.4 Å². The van der Waals surface area contributed by atoms with E-state index in [-0.39, 0.29) is 29.8 Å². The Hall–Kier alpha value is -1.75. The highest BCUT2D eigenvalue weighted by Crippen LogP contribution is 2.30. The molecule has 132 valence electrons. The molecule has 4 nitrogen and oxygen atoms in total. The molecule has 0 bridgehead atoms. The van der Waals surface area contributed by atoms with E-state index in [0.717, 1.165) is 5.56 Å². The van der Waals surface area contributed by atoms with Gasteiger partial charge in [-0.05, 0) is 36.8 Å². The van der Waals surface area contributed by atoms with Crippen LogP contribution < -0.4 is 10.2 Å². The molecule has 7 heteroatoms. The molecule has 0 saturated heterocycles. The molecule has 2 rings (SSSR count). The van der Waals surface area contributed by atoms with E-state index < -0.39 is 0 Å². The average molecular weight is 400 g/mol. The minimum Gasteiger partial charge on any atom is -0.325 e. The molecule has 0 saturated carbocycles. The molecule has 0 fully saturated rings. The Morgan fingerprint density at radius 2 is 1.84 bits per heavy atom. The van der Waals surface area contributed by atoms with Gasteiger partial charge in [-0.15, -0.1) is 0 Å². The first kappa shape index (κ1) is 19.6. The summed E-state index contributed by atoms with van der Waals surface area (Å²) in [5.74, 6) is -0.436. The minimum atomic E-state index is -0.268. The molecule has 0 radical (unpaired) electrons. The first-order chi connectivity index (χ1) is 11.8. The van der Waals surface area contributed by atoms with Gasteiger partial charge in [-0.3, -0.25) is 9.59 Å². The lowest BCUT2D eigenvalue weighted by atomic mass is 10.1. The van der Waals surface area contributed by atoms with Gasteiger partial charge < -0.3 is 10.2 Å². The molecule has 0 atom stereocenters. The van der Waals surface area contributed by atoms with E-state index in [2.05, 4.69) is 5.32 Å². The molecule has 1 N–H and O–H groups in total. The zero-order valence-electron chi connectivity index (χ0n) is 13.8. The molecular weight excluding hydrogens is 383 g/mol. The summed E-state index contributed by atoms with van der Waals surface area (Å²) in [7, 11) is 0. The predicted octanol–water partition coefficient (Wildman–Crippen LogP) is 5.34. The standard InChI is InChI=1S/C18H17Cl3N2O2/c1-11-6-7-13(19)10-16(11)23(12(2)24)9-8-17(25)22-15-5-3-4-14(20)18(15)21/h3-7,10H,8-9H2,1-2H3,(H,22,25). The van der Waals surface area contributed by atoms with E-state index in [1.54, 1.807) is 30.3 Å². The molecule has 0 aliphatic heterocycles. The van der Waals surface area contributed by atoms with Gasteiger partial charge in [0.1, 0.15) is 0 Å². The summed E-state index contributed by atoms with van der Waals surface area (Å²) in [6.45, 7) is 3.56. The second kappa shape index (κ2) is 8.56. The number of nitrogens with one attached hydrogen (secondary N) is 1. The molecule has 2 aromatic rings. The lowest BCUT2D eigenvalue weighted by Crippen LogP contribution is -2.32. The molecule has 0 spiro atoms. The van der Waals surface area contributed by atoms with Gasteiger partial charge in [-0.2, -0.15) is 0 Å². The summed E-state index contributed by atoms with van der Waals surface area (Å²) in [5.41, 5.74) is 2.03. The highest BCUT2D eigenvalue weighted by atomic mass is 35.5. The third-order valence-corrected chi connectivity index (χ3v) is 4.68. The van der Waals surface area contributed by atoms with Crippen LogP contribution in [0.1, 0.15) is 18.9 Å². The van der Waals surface area contributed by atoms with Crippen LogP contribution in [0.3, 0.4) is 0 Å². The number of hydrogen-bond donors (Lipinski definition) is 1. The smallest absolute Gasteiger partial charge is 0.226 e. The van der Waals surface area contributed by atoms with Crippen LogP contribution in [0.2, 0.25) is 15.1 Å². The zero-order valence-corrected chi connectivity index (χ0v) is 16.0. The van der Waals surface area contributed by atoms with Crippen LogP contribution in [0.25, 0.3) is 0 Å². The van der Waals surface area contributed by atoms with Gasteiger partial charge in [-0.25, -0.2) is 0 Å². The van der Waals surface area contributed by atoms with Crippen LogP contribution in [0.15, 0.2) is 36.4 Å². The number of carbonyl (C=O) groups is 2. The van der Waals surface area contributed by atoms with Gasteiger partial charge in [0.25, 0.3) is 0 Å². The summed E-state index contributed by atoms with van der Waals surface area (Å²) in [4.78, 5) is 25.7. The first-order valence-corrected chi connectivity index (χ1v) is 8.71. The van der Waals surface area contributed by atoms with E-state index in [9.17, 15) is 9.59 Å². The van der Waals surface area contributed by atoms with Gasteiger partial charge >= 0.3 is 0 Å². The Bertz CT molecular complexity index is 809. The molecule has 2 amide bonds. The molecular formula is C18H17Cl3N2O2. The van der Waals surface area contributed by atoms with Crippen LogP contribution in [-0.2, 0) is 9.59 Å². The van der Waals surface area contributed by atoms with Gasteiger partial charge in [-0.1, -0.05) is 46.9 Å². The van der Waals surface area contributed by atoms with Gasteiger partial charge in [0, 0.05) is 30.6 Å². The van der Waals surface area contributed by atoms with E-state index in [4.69, 9.17) is 34.8 Å². The van der Waals surface area contributed by atoms with Gasteiger partial charge in [0.05, 0.1) is 15.7 Å². The largest absolute Gasteiger partial charge is 0.325 e. The number of benzene rings is 2. The number of anilines is 2. The van der Waals surface area contributed by atoms with Crippen molar-refractivity contribution < 1.29 is 9.59 Å². The summed E-state index contributed by atoms with van der Waals surface area (Å²) >= 11 is 18.0. The van der Waals surface area contributed by atoms with Gasteiger partial charge in [0.2, 0.25) is 11.8 Å². The predicted molar refractivity (Wildman–Crippen MR) is 104 cm³/mol. The molecule has 0 aliphatic carbocycles. The van der Waals surface area contributed by atoms with E-state index in [0.29, 0.717) is 21.4 Å². The van der Waals surface area contributed by atoms with Crippen LogP contribution >= 0.6 is 34.8 Å². The molecule has 0 heterocycles. The van der Waals surface area contributed by atoms with Crippen molar-refractivity contribution in [3.63, 3.8) is 0 Å². The number of nitrogens with zero attached hydrogens (tertiary/aromatic N) is 1. The second-order valence-corrected chi connectivity index (χ2v) is 6.72. The molecule has 25 heavy (non-hydrogen) atoms. The number of aryl methyl sites for hydroxylation is 1. The van der Waals surface area contributed by atoms with Crippen LogP contribution in [-0.4, -0.2) is 18.4 Å². The lowest BCUT2D eigenvalue weighted by Gasteiger charge is -2.23. The summed E-state index contributed by atoms with van der Waals surface area (Å²) in [6.07, 6.45) is 0.106. The number of halogens is 3. The van der Waals surface area contributed by atoms with Crippen molar-refractivity contribution in [2.24, 2.45) is 0 Å². The lowest BCUT2D eigenvalue weighted by molar-refractivity contribution is -0.117. The minimum absolute atomic E-state index is 0.106. The average Bonchev–Trinajstić information content (AvgIpc) is 2.55. The highest BCUT2D eigenvalue weighted by Gasteiger charge is 2.16. The summed E-state index contributed by atoms with van der Waals surface area (Å²) in [6, 6.07) is 10.3. The van der Waals surface area contributed by atoms with E-state index >= 15 is 0 Å². The second-order valence-electron chi connectivity index (χ2n) is 5.50. The fourth-order valence-corrected chi connectivity index (χ4v) is 2.86. The van der Waals surface area contributed by atoms with Crippen LogP contribution in [0.5, 0.6) is 0 Å². The number of rotatable bonds is 5. The Balaban J connectivity index is 2.08. The highest BCUT2D eigenvalue weighted by molar-refractivity contribution is 6.44. The van der Waals surface area contributed by atoms with E-state index in [1.165, 1.54) is 11.8 Å². The number of hydrogen-bond acceptors (Lipinski definition) is 2. The third-order valence-electron chi connectivity index (χ3n) is 3.63. The normalized spacial score (nSPS) is 10.4. The van der Waals surface area contributed by atoms with Crippen molar-refractivity contribution in [3.8, 4) is 0 Å². The van der Waals surface area contributed by atoms with Crippen molar-refractivity contribution in [1.29, 1.82) is 0 Å². The van der Waals surface area contributed by atoms with Crippen molar-refractivity contribution >= 4 is 58.0 Å². The van der Waals surface area contributed by atoms with Crippen LogP contribution in [0.4, 0.5) is 11.4 Å². The summed E-state index contributed by atoms with van der Waals surface area (Å²) < 4.78 is 0. The molecule has 0 aromatic heterocycles. The fraction of sp³-hybridized carbons (Fsp3) is 0.222. The SMILES string of the molecule is CC(=O)N(CCC(=O)Nc1cccc(Cl)c1Cl)c1cc(Cl)ccc1C. The maximum Gasteiger partial charge on any atom is 0.226 e. The van der Waals surface area contributed by atoms with Crippen molar-refractivity contribution in [1.82, 2.24) is 0 Å². The molecule has 0 unspecified atom stereocenters. The molecule has 2 aromatic carbocycles. The maximum absolute atomic E-state index is 12.2. The quantitative estimate of drug-likeness (QED) is 0.738. The Labute approximate surface area is 161 Å². The monoisotopic (exact) mass is 398 g/mol. The van der Waals surface area contributed by atoms with Crippen LogP contribution in [0, 0.1) is 6.92 Å². The number of carbonyl (C=O) groups excluding carboxylic acids is 2.